The molecule has 0 bridgehead atoms. The molecular formula is C12H18N2O2S. The van der Waals surface area contributed by atoms with E-state index in [9.17, 15) is 8.42 Å². The van der Waals surface area contributed by atoms with Crippen LogP contribution >= 0.6 is 0 Å². The minimum Gasteiger partial charge on any atom is -0.319 e. The lowest BCUT2D eigenvalue weighted by molar-refractivity contribution is 0.451. The van der Waals surface area contributed by atoms with Gasteiger partial charge in [0.1, 0.15) is 0 Å². The van der Waals surface area contributed by atoms with Gasteiger partial charge in [-0.1, -0.05) is 18.2 Å². The molecule has 17 heavy (non-hydrogen) atoms. The summed E-state index contributed by atoms with van der Waals surface area (Å²) in [4.78, 5) is 0.394. The topological polar surface area (TPSA) is 49.4 Å². The first-order valence-electron chi connectivity index (χ1n) is 5.84. The Labute approximate surface area is 103 Å². The standard InChI is InChI=1S/C12H18N2O2S/c1-13-9-11-7-8-14(10-11)17(15,16)12-5-3-2-4-6-12/h2-6,11,13H,7-10H2,1H3. The van der Waals surface area contributed by atoms with E-state index in [0.29, 0.717) is 23.9 Å². The van der Waals surface area contributed by atoms with Gasteiger partial charge >= 0.3 is 0 Å². The van der Waals surface area contributed by atoms with Crippen LogP contribution in [0.4, 0.5) is 0 Å². The zero-order chi connectivity index (χ0) is 12.3. The first-order chi connectivity index (χ1) is 8.14. The predicted octanol–water partition coefficient (Wildman–Crippen LogP) is 0.917. The predicted molar refractivity (Wildman–Crippen MR) is 67.2 cm³/mol. The van der Waals surface area contributed by atoms with E-state index >= 15 is 0 Å². The van der Waals surface area contributed by atoms with Crippen LogP contribution in [0.5, 0.6) is 0 Å². The average molecular weight is 254 g/mol. The summed E-state index contributed by atoms with van der Waals surface area (Å²) in [5.41, 5.74) is 0. The van der Waals surface area contributed by atoms with Crippen LogP contribution < -0.4 is 5.32 Å². The Morgan fingerprint density at radius 1 is 1.35 bits per heavy atom. The van der Waals surface area contributed by atoms with Crippen LogP contribution in [0.25, 0.3) is 0 Å². The molecule has 94 valence electrons. The summed E-state index contributed by atoms with van der Waals surface area (Å²) in [5.74, 6) is 0.429. The quantitative estimate of drug-likeness (QED) is 0.869. The van der Waals surface area contributed by atoms with Gasteiger partial charge in [0.05, 0.1) is 4.90 Å². The molecule has 2 rings (SSSR count). The molecule has 1 heterocycles. The fraction of sp³-hybridized carbons (Fsp3) is 0.500. The molecule has 1 aliphatic rings. The van der Waals surface area contributed by atoms with E-state index in [2.05, 4.69) is 5.32 Å². The average Bonchev–Trinajstić information content (AvgIpc) is 2.80. The second kappa shape index (κ2) is 5.16. The van der Waals surface area contributed by atoms with Gasteiger partial charge in [-0.2, -0.15) is 4.31 Å². The van der Waals surface area contributed by atoms with Crippen LogP contribution in [-0.4, -0.2) is 39.4 Å². The molecular weight excluding hydrogens is 236 g/mol. The van der Waals surface area contributed by atoms with Crippen LogP contribution in [0.15, 0.2) is 35.2 Å². The molecule has 1 saturated heterocycles. The summed E-state index contributed by atoms with van der Waals surface area (Å²) in [6, 6.07) is 8.65. The fourth-order valence-electron chi connectivity index (χ4n) is 2.21. The number of hydrogen-bond acceptors (Lipinski definition) is 3. The van der Waals surface area contributed by atoms with E-state index in [1.807, 2.05) is 13.1 Å². The lowest BCUT2D eigenvalue weighted by atomic mass is 10.1. The van der Waals surface area contributed by atoms with Crippen molar-refractivity contribution in [2.75, 3.05) is 26.7 Å². The Hall–Kier alpha value is -0.910. The van der Waals surface area contributed by atoms with Crippen molar-refractivity contribution in [3.8, 4) is 0 Å². The molecule has 1 aliphatic heterocycles. The highest BCUT2D eigenvalue weighted by Gasteiger charge is 2.31. The second-order valence-corrected chi connectivity index (χ2v) is 6.33. The number of hydrogen-bond donors (Lipinski definition) is 1. The monoisotopic (exact) mass is 254 g/mol. The van der Waals surface area contributed by atoms with Gasteiger partial charge < -0.3 is 5.32 Å². The highest BCUT2D eigenvalue weighted by atomic mass is 32.2. The van der Waals surface area contributed by atoms with Crippen molar-refractivity contribution in [1.29, 1.82) is 0 Å². The zero-order valence-corrected chi connectivity index (χ0v) is 10.8. The van der Waals surface area contributed by atoms with E-state index in [1.54, 1.807) is 28.6 Å². The maximum atomic E-state index is 12.3. The van der Waals surface area contributed by atoms with Crippen LogP contribution in [0.2, 0.25) is 0 Å². The summed E-state index contributed by atoms with van der Waals surface area (Å²) in [6.45, 7) is 2.13. The maximum Gasteiger partial charge on any atom is 0.243 e. The van der Waals surface area contributed by atoms with E-state index in [0.717, 1.165) is 13.0 Å². The number of nitrogens with one attached hydrogen (secondary N) is 1. The Kier molecular flexibility index (Phi) is 3.81. The minimum absolute atomic E-state index is 0.394. The Bertz CT molecular complexity index is 459. The minimum atomic E-state index is -3.28. The lowest BCUT2D eigenvalue weighted by Crippen LogP contribution is -2.30. The number of rotatable bonds is 4. The van der Waals surface area contributed by atoms with E-state index in [4.69, 9.17) is 0 Å². The molecule has 0 spiro atoms. The summed E-state index contributed by atoms with van der Waals surface area (Å²) in [6.07, 6.45) is 0.937. The van der Waals surface area contributed by atoms with Gasteiger partial charge in [-0.25, -0.2) is 8.42 Å². The van der Waals surface area contributed by atoms with Gasteiger partial charge in [0, 0.05) is 13.1 Å². The lowest BCUT2D eigenvalue weighted by Gasteiger charge is -2.16. The van der Waals surface area contributed by atoms with Crippen LogP contribution in [0.3, 0.4) is 0 Å². The molecule has 1 aromatic rings. The SMILES string of the molecule is CNCC1CCN(S(=O)(=O)c2ccccc2)C1. The highest BCUT2D eigenvalue weighted by molar-refractivity contribution is 7.89. The molecule has 0 aliphatic carbocycles. The van der Waals surface area contributed by atoms with Gasteiger partial charge in [0.25, 0.3) is 0 Å². The van der Waals surface area contributed by atoms with Gasteiger partial charge in [0.2, 0.25) is 10.0 Å². The fourth-order valence-corrected chi connectivity index (χ4v) is 3.76. The van der Waals surface area contributed by atoms with Crippen molar-refractivity contribution in [2.24, 2.45) is 5.92 Å². The molecule has 0 amide bonds. The van der Waals surface area contributed by atoms with Gasteiger partial charge in [-0.15, -0.1) is 0 Å². The Balaban J connectivity index is 2.13. The van der Waals surface area contributed by atoms with E-state index in [-0.39, 0.29) is 0 Å². The number of sulfonamides is 1. The molecule has 0 aromatic heterocycles. The summed E-state index contributed by atoms with van der Waals surface area (Å²) < 4.78 is 26.2. The summed E-state index contributed by atoms with van der Waals surface area (Å²) in [7, 11) is -1.39. The van der Waals surface area contributed by atoms with Crippen molar-refractivity contribution >= 4 is 10.0 Å². The molecule has 1 aromatic carbocycles. The molecule has 1 fully saturated rings. The second-order valence-electron chi connectivity index (χ2n) is 4.39. The molecule has 1 N–H and O–H groups in total. The summed E-state index contributed by atoms with van der Waals surface area (Å²) >= 11 is 0. The van der Waals surface area contributed by atoms with Crippen LogP contribution in [-0.2, 0) is 10.0 Å². The first-order valence-corrected chi connectivity index (χ1v) is 7.28. The normalized spacial score (nSPS) is 21.8. The van der Waals surface area contributed by atoms with Crippen molar-refractivity contribution in [1.82, 2.24) is 9.62 Å². The highest BCUT2D eigenvalue weighted by Crippen LogP contribution is 2.23. The molecule has 4 nitrogen and oxygen atoms in total. The molecule has 0 saturated carbocycles. The van der Waals surface area contributed by atoms with E-state index < -0.39 is 10.0 Å². The van der Waals surface area contributed by atoms with Crippen LogP contribution in [0, 0.1) is 5.92 Å². The Morgan fingerprint density at radius 3 is 2.71 bits per heavy atom. The van der Waals surface area contributed by atoms with Gasteiger partial charge in [-0.3, -0.25) is 0 Å². The number of nitrogens with zero attached hydrogens (tertiary/aromatic N) is 1. The Morgan fingerprint density at radius 2 is 2.06 bits per heavy atom. The molecule has 5 heteroatoms. The first kappa shape index (κ1) is 12.5. The van der Waals surface area contributed by atoms with Crippen molar-refractivity contribution in [2.45, 2.75) is 11.3 Å². The largest absolute Gasteiger partial charge is 0.319 e. The number of benzene rings is 1. The van der Waals surface area contributed by atoms with Crippen molar-refractivity contribution in [3.05, 3.63) is 30.3 Å². The van der Waals surface area contributed by atoms with Crippen molar-refractivity contribution < 1.29 is 8.42 Å². The third-order valence-corrected chi connectivity index (χ3v) is 5.00. The van der Waals surface area contributed by atoms with Gasteiger partial charge in [-0.05, 0) is 38.1 Å². The summed E-state index contributed by atoms with van der Waals surface area (Å²) in [5, 5.41) is 3.10. The van der Waals surface area contributed by atoms with Crippen LogP contribution in [0.1, 0.15) is 6.42 Å². The molecule has 0 radical (unpaired) electrons. The third kappa shape index (κ3) is 2.68. The third-order valence-electron chi connectivity index (χ3n) is 3.12. The zero-order valence-electron chi connectivity index (χ0n) is 9.96. The smallest absolute Gasteiger partial charge is 0.243 e. The maximum absolute atomic E-state index is 12.3. The van der Waals surface area contributed by atoms with E-state index in [1.165, 1.54) is 0 Å². The molecule has 1 unspecified atom stereocenters. The van der Waals surface area contributed by atoms with Gasteiger partial charge in [0.15, 0.2) is 0 Å². The van der Waals surface area contributed by atoms with Crippen molar-refractivity contribution in [3.63, 3.8) is 0 Å². The molecule has 1 atom stereocenters.